The Kier molecular flexibility index (Phi) is 3.52. The van der Waals surface area contributed by atoms with Crippen molar-refractivity contribution < 1.29 is 4.79 Å². The Morgan fingerprint density at radius 2 is 2.00 bits per heavy atom. The Labute approximate surface area is 120 Å². The van der Waals surface area contributed by atoms with E-state index in [0.717, 1.165) is 16.3 Å². The molecule has 0 aliphatic carbocycles. The zero-order valence-corrected chi connectivity index (χ0v) is 11.3. The third-order valence-corrected chi connectivity index (χ3v) is 3.52. The largest absolute Gasteiger partial charge is 0.321 e. The van der Waals surface area contributed by atoms with Gasteiger partial charge in [0.25, 0.3) is 5.91 Å². The third kappa shape index (κ3) is 2.73. The van der Waals surface area contributed by atoms with E-state index in [2.05, 4.69) is 15.3 Å². The van der Waals surface area contributed by atoms with Crippen LogP contribution in [-0.2, 0) is 0 Å². The van der Waals surface area contributed by atoms with E-state index in [1.807, 2.05) is 29.6 Å². The molecule has 3 aromatic rings. The van der Waals surface area contributed by atoms with Crippen molar-refractivity contribution in [3.05, 3.63) is 65.9 Å². The minimum Gasteiger partial charge on any atom is -0.321 e. The summed E-state index contributed by atoms with van der Waals surface area (Å²) < 4.78 is 0. The second kappa shape index (κ2) is 5.63. The molecule has 1 aromatic carbocycles. The number of carbonyl (C=O) groups excluding carboxylic acids is 1. The third-order valence-electron chi connectivity index (χ3n) is 2.70. The molecule has 0 unspecified atom stereocenters. The molecule has 1 amide bonds. The van der Waals surface area contributed by atoms with Crippen molar-refractivity contribution >= 4 is 22.9 Å². The molecule has 3 rings (SSSR count). The quantitative estimate of drug-likeness (QED) is 0.800. The minimum absolute atomic E-state index is 0.220. The summed E-state index contributed by atoms with van der Waals surface area (Å²) in [6.45, 7) is 0. The van der Waals surface area contributed by atoms with Crippen LogP contribution in [0.4, 0.5) is 5.69 Å². The van der Waals surface area contributed by atoms with Crippen LogP contribution in [0, 0.1) is 0 Å². The first-order chi connectivity index (χ1) is 9.83. The number of benzene rings is 1. The van der Waals surface area contributed by atoms with E-state index in [0.29, 0.717) is 5.69 Å². The van der Waals surface area contributed by atoms with Crippen LogP contribution >= 0.6 is 11.3 Å². The maximum Gasteiger partial charge on any atom is 0.274 e. The Bertz CT molecular complexity index is 711. The fourth-order valence-corrected chi connectivity index (χ4v) is 2.42. The Morgan fingerprint density at radius 3 is 2.75 bits per heavy atom. The monoisotopic (exact) mass is 281 g/mol. The number of carbonyl (C=O) groups is 1. The predicted molar refractivity (Wildman–Crippen MR) is 79.7 cm³/mol. The highest BCUT2D eigenvalue weighted by Gasteiger charge is 2.07. The first-order valence-electron chi connectivity index (χ1n) is 6.05. The van der Waals surface area contributed by atoms with Crippen LogP contribution in [0.3, 0.4) is 0 Å². The SMILES string of the molecule is O=C(Nc1cccc(-c2nccs2)c1)c1ccccn1. The number of nitrogens with one attached hydrogen (secondary N) is 1. The summed E-state index contributed by atoms with van der Waals surface area (Å²) in [5, 5.41) is 5.69. The highest BCUT2D eigenvalue weighted by atomic mass is 32.1. The number of thiazole rings is 1. The molecule has 20 heavy (non-hydrogen) atoms. The average molecular weight is 281 g/mol. The van der Waals surface area contributed by atoms with Gasteiger partial charge in [0.05, 0.1) is 0 Å². The molecule has 2 aromatic heterocycles. The molecule has 0 radical (unpaired) electrons. The van der Waals surface area contributed by atoms with E-state index in [1.54, 1.807) is 41.9 Å². The molecule has 0 bridgehead atoms. The lowest BCUT2D eigenvalue weighted by Gasteiger charge is -2.05. The minimum atomic E-state index is -0.220. The van der Waals surface area contributed by atoms with Gasteiger partial charge in [-0.2, -0.15) is 0 Å². The van der Waals surface area contributed by atoms with Gasteiger partial charge in [0.1, 0.15) is 10.7 Å². The van der Waals surface area contributed by atoms with Gasteiger partial charge in [0.2, 0.25) is 0 Å². The summed E-state index contributed by atoms with van der Waals surface area (Å²) in [6, 6.07) is 12.9. The van der Waals surface area contributed by atoms with Crippen molar-refractivity contribution in [3.8, 4) is 10.6 Å². The lowest BCUT2D eigenvalue weighted by Crippen LogP contribution is -2.13. The van der Waals surface area contributed by atoms with Crippen LogP contribution in [-0.4, -0.2) is 15.9 Å². The topological polar surface area (TPSA) is 54.9 Å². The Morgan fingerprint density at radius 1 is 1.05 bits per heavy atom. The van der Waals surface area contributed by atoms with E-state index >= 15 is 0 Å². The van der Waals surface area contributed by atoms with Crippen molar-refractivity contribution in [2.24, 2.45) is 0 Å². The van der Waals surface area contributed by atoms with Crippen LogP contribution in [0.1, 0.15) is 10.5 Å². The lowest BCUT2D eigenvalue weighted by molar-refractivity contribution is 0.102. The van der Waals surface area contributed by atoms with Crippen LogP contribution in [0.2, 0.25) is 0 Å². The van der Waals surface area contributed by atoms with Gasteiger partial charge in [-0.1, -0.05) is 18.2 Å². The van der Waals surface area contributed by atoms with Crippen LogP contribution in [0.25, 0.3) is 10.6 Å². The zero-order valence-electron chi connectivity index (χ0n) is 10.5. The van der Waals surface area contributed by atoms with Crippen molar-refractivity contribution in [2.75, 3.05) is 5.32 Å². The number of amides is 1. The van der Waals surface area contributed by atoms with Gasteiger partial charge in [0.15, 0.2) is 0 Å². The van der Waals surface area contributed by atoms with Gasteiger partial charge in [0, 0.05) is 29.0 Å². The van der Waals surface area contributed by atoms with Gasteiger partial charge in [-0.05, 0) is 24.3 Å². The number of nitrogens with zero attached hydrogens (tertiary/aromatic N) is 2. The number of hydrogen-bond donors (Lipinski definition) is 1. The molecule has 0 saturated carbocycles. The molecular formula is C15H11N3OS. The number of hydrogen-bond acceptors (Lipinski definition) is 4. The van der Waals surface area contributed by atoms with E-state index < -0.39 is 0 Å². The van der Waals surface area contributed by atoms with Crippen molar-refractivity contribution in [1.82, 2.24) is 9.97 Å². The maximum absolute atomic E-state index is 12.0. The normalized spacial score (nSPS) is 10.2. The number of pyridine rings is 1. The molecule has 4 nitrogen and oxygen atoms in total. The molecule has 5 heteroatoms. The highest BCUT2D eigenvalue weighted by molar-refractivity contribution is 7.13. The predicted octanol–water partition coefficient (Wildman–Crippen LogP) is 3.46. The summed E-state index contributed by atoms with van der Waals surface area (Å²) in [6.07, 6.45) is 3.36. The fourth-order valence-electron chi connectivity index (χ4n) is 1.79. The molecule has 0 aliphatic heterocycles. The molecule has 2 heterocycles. The second-order valence-corrected chi connectivity index (χ2v) is 4.98. The summed E-state index contributed by atoms with van der Waals surface area (Å²) in [4.78, 5) is 20.3. The first-order valence-corrected chi connectivity index (χ1v) is 6.93. The van der Waals surface area contributed by atoms with Crippen LogP contribution < -0.4 is 5.32 Å². The zero-order chi connectivity index (χ0) is 13.8. The van der Waals surface area contributed by atoms with Crippen LogP contribution in [0.5, 0.6) is 0 Å². The summed E-state index contributed by atoms with van der Waals surface area (Å²) in [7, 11) is 0. The van der Waals surface area contributed by atoms with Crippen LogP contribution in [0.15, 0.2) is 60.2 Å². The van der Waals surface area contributed by atoms with Gasteiger partial charge in [-0.3, -0.25) is 9.78 Å². The molecular weight excluding hydrogens is 270 g/mol. The highest BCUT2D eigenvalue weighted by Crippen LogP contribution is 2.24. The standard InChI is InChI=1S/C15H11N3OS/c19-14(13-6-1-2-7-16-13)18-12-5-3-4-11(10-12)15-17-8-9-20-15/h1-10H,(H,18,19). The van der Waals surface area contributed by atoms with E-state index in [-0.39, 0.29) is 5.91 Å². The second-order valence-electron chi connectivity index (χ2n) is 4.09. The van der Waals surface area contributed by atoms with Crippen molar-refractivity contribution in [2.45, 2.75) is 0 Å². The molecule has 0 atom stereocenters. The van der Waals surface area contributed by atoms with E-state index in [9.17, 15) is 4.79 Å². The molecule has 1 N–H and O–H groups in total. The molecule has 0 aliphatic rings. The van der Waals surface area contributed by atoms with Gasteiger partial charge < -0.3 is 5.32 Å². The number of anilines is 1. The van der Waals surface area contributed by atoms with Crippen molar-refractivity contribution in [3.63, 3.8) is 0 Å². The van der Waals surface area contributed by atoms with Crippen molar-refractivity contribution in [1.29, 1.82) is 0 Å². The van der Waals surface area contributed by atoms with Gasteiger partial charge in [-0.25, -0.2) is 4.98 Å². The van der Waals surface area contributed by atoms with Gasteiger partial charge >= 0.3 is 0 Å². The first kappa shape index (κ1) is 12.5. The van der Waals surface area contributed by atoms with E-state index in [4.69, 9.17) is 0 Å². The number of aromatic nitrogens is 2. The number of rotatable bonds is 3. The maximum atomic E-state index is 12.0. The average Bonchev–Trinajstić information content (AvgIpc) is 3.03. The van der Waals surface area contributed by atoms with E-state index in [1.165, 1.54) is 0 Å². The van der Waals surface area contributed by atoms with Gasteiger partial charge in [-0.15, -0.1) is 11.3 Å². The Hall–Kier alpha value is -2.53. The molecule has 98 valence electrons. The summed E-state index contributed by atoms with van der Waals surface area (Å²) >= 11 is 1.56. The molecule has 0 saturated heterocycles. The molecule has 0 fully saturated rings. The fraction of sp³-hybridized carbons (Fsp3) is 0. The molecule has 0 spiro atoms. The smallest absolute Gasteiger partial charge is 0.274 e. The summed E-state index contributed by atoms with van der Waals surface area (Å²) in [5.74, 6) is -0.220. The summed E-state index contributed by atoms with van der Waals surface area (Å²) in [5.41, 5.74) is 2.11. The lowest BCUT2D eigenvalue weighted by atomic mass is 10.2. The Balaban J connectivity index is 1.82.